The van der Waals surface area contributed by atoms with Gasteiger partial charge in [0.2, 0.25) is 0 Å². The average molecular weight is 241 g/mol. The van der Waals surface area contributed by atoms with Gasteiger partial charge in [0.1, 0.15) is 5.69 Å². The molecule has 0 spiro atoms. The Balaban J connectivity index is 2.62. The highest BCUT2D eigenvalue weighted by molar-refractivity contribution is 5.86. The Morgan fingerprint density at radius 2 is 1.72 bits per heavy atom. The van der Waals surface area contributed by atoms with Crippen LogP contribution in [0.3, 0.4) is 0 Å². The van der Waals surface area contributed by atoms with E-state index in [1.807, 2.05) is 26.8 Å². The Kier molecular flexibility index (Phi) is 3.15. The first-order valence-corrected chi connectivity index (χ1v) is 5.77. The van der Waals surface area contributed by atoms with Crippen molar-refractivity contribution in [3.8, 4) is 11.3 Å². The lowest BCUT2D eigenvalue weighted by atomic mass is 9.97. The number of rotatable bonds is 2. The fourth-order valence-corrected chi connectivity index (χ4v) is 2.28. The fourth-order valence-electron chi connectivity index (χ4n) is 2.28. The maximum atomic E-state index is 10.9. The van der Waals surface area contributed by atoms with Crippen molar-refractivity contribution in [2.24, 2.45) is 0 Å². The van der Waals surface area contributed by atoms with Crippen LogP contribution in [0.5, 0.6) is 0 Å². The van der Waals surface area contributed by atoms with E-state index in [-0.39, 0.29) is 5.69 Å². The zero-order valence-corrected chi connectivity index (χ0v) is 10.7. The molecule has 92 valence electrons. The number of aromatic nitrogens is 1. The summed E-state index contributed by atoms with van der Waals surface area (Å²) in [4.78, 5) is 15.1. The van der Waals surface area contributed by atoms with Crippen molar-refractivity contribution >= 4 is 5.97 Å². The lowest BCUT2D eigenvalue weighted by Gasteiger charge is -2.11. The number of pyridine rings is 1. The highest BCUT2D eigenvalue weighted by atomic mass is 16.4. The Hall–Kier alpha value is -2.16. The van der Waals surface area contributed by atoms with Gasteiger partial charge in [0, 0.05) is 5.56 Å². The number of hydrogen-bond donors (Lipinski definition) is 1. The van der Waals surface area contributed by atoms with Crippen LogP contribution in [-0.2, 0) is 0 Å². The summed E-state index contributed by atoms with van der Waals surface area (Å²) in [6.07, 6.45) is 0. The molecule has 3 heteroatoms. The first-order valence-electron chi connectivity index (χ1n) is 5.77. The van der Waals surface area contributed by atoms with Gasteiger partial charge >= 0.3 is 5.97 Å². The van der Waals surface area contributed by atoms with Gasteiger partial charge in [-0.15, -0.1) is 0 Å². The zero-order valence-electron chi connectivity index (χ0n) is 10.7. The number of benzene rings is 1. The lowest BCUT2D eigenvalue weighted by Crippen LogP contribution is -2.01. The Bertz CT molecular complexity index is 595. The minimum atomic E-state index is -1.00. The SMILES string of the molecule is Cc1cc(C)c(-c2cccc(C(=O)O)n2)c(C)c1. The molecule has 18 heavy (non-hydrogen) atoms. The highest BCUT2D eigenvalue weighted by Gasteiger charge is 2.10. The first-order chi connectivity index (χ1) is 8.49. The number of carboxylic acids is 1. The van der Waals surface area contributed by atoms with Crippen LogP contribution in [0.2, 0.25) is 0 Å². The molecule has 1 heterocycles. The van der Waals surface area contributed by atoms with Gasteiger partial charge in [-0.05, 0) is 44.0 Å². The summed E-state index contributed by atoms with van der Waals surface area (Å²) in [6.45, 7) is 6.08. The number of carboxylic acid groups (broad SMARTS) is 1. The molecule has 0 amide bonds. The predicted octanol–water partition coefficient (Wildman–Crippen LogP) is 3.37. The van der Waals surface area contributed by atoms with E-state index < -0.39 is 5.97 Å². The van der Waals surface area contributed by atoms with Gasteiger partial charge < -0.3 is 5.11 Å². The lowest BCUT2D eigenvalue weighted by molar-refractivity contribution is 0.0690. The van der Waals surface area contributed by atoms with E-state index in [0.717, 1.165) is 16.7 Å². The summed E-state index contributed by atoms with van der Waals surface area (Å²) in [5, 5.41) is 8.98. The number of aryl methyl sites for hydroxylation is 3. The topological polar surface area (TPSA) is 50.2 Å². The first kappa shape index (κ1) is 12.3. The second-order valence-electron chi connectivity index (χ2n) is 4.49. The summed E-state index contributed by atoms with van der Waals surface area (Å²) in [5.74, 6) is -1.00. The van der Waals surface area contributed by atoms with E-state index in [9.17, 15) is 4.79 Å². The van der Waals surface area contributed by atoms with Crippen LogP contribution in [0.25, 0.3) is 11.3 Å². The van der Waals surface area contributed by atoms with Gasteiger partial charge in [-0.25, -0.2) is 9.78 Å². The summed E-state index contributed by atoms with van der Waals surface area (Å²) in [6, 6.07) is 9.24. The molecule has 0 aliphatic rings. The molecule has 0 atom stereocenters. The molecule has 0 saturated heterocycles. The van der Waals surface area contributed by atoms with Crippen LogP contribution in [0.4, 0.5) is 0 Å². The van der Waals surface area contributed by atoms with E-state index in [1.165, 1.54) is 11.6 Å². The number of aromatic carboxylic acids is 1. The molecule has 0 aliphatic carbocycles. The normalized spacial score (nSPS) is 10.4. The second kappa shape index (κ2) is 4.61. The Morgan fingerprint density at radius 3 is 2.28 bits per heavy atom. The van der Waals surface area contributed by atoms with Crippen molar-refractivity contribution < 1.29 is 9.90 Å². The molecule has 3 nitrogen and oxygen atoms in total. The third kappa shape index (κ3) is 2.25. The molecule has 0 unspecified atom stereocenters. The van der Waals surface area contributed by atoms with Gasteiger partial charge in [0.05, 0.1) is 5.69 Å². The van der Waals surface area contributed by atoms with Crippen LogP contribution in [0.15, 0.2) is 30.3 Å². The Labute approximate surface area is 106 Å². The van der Waals surface area contributed by atoms with Crippen molar-refractivity contribution in [3.05, 3.63) is 52.7 Å². The molecule has 1 N–H and O–H groups in total. The average Bonchev–Trinajstić information content (AvgIpc) is 2.28. The minimum absolute atomic E-state index is 0.0758. The smallest absolute Gasteiger partial charge is 0.354 e. The molecule has 0 bridgehead atoms. The van der Waals surface area contributed by atoms with Crippen LogP contribution in [0.1, 0.15) is 27.2 Å². The third-order valence-corrected chi connectivity index (χ3v) is 2.90. The van der Waals surface area contributed by atoms with Gasteiger partial charge in [-0.2, -0.15) is 0 Å². The van der Waals surface area contributed by atoms with Crippen molar-refractivity contribution in [3.63, 3.8) is 0 Å². The molecular formula is C15H15NO2. The van der Waals surface area contributed by atoms with Gasteiger partial charge in [-0.3, -0.25) is 0 Å². The third-order valence-electron chi connectivity index (χ3n) is 2.90. The van der Waals surface area contributed by atoms with E-state index in [1.54, 1.807) is 6.07 Å². The van der Waals surface area contributed by atoms with Gasteiger partial charge in [-0.1, -0.05) is 23.8 Å². The molecule has 2 rings (SSSR count). The van der Waals surface area contributed by atoms with Crippen molar-refractivity contribution in [1.29, 1.82) is 0 Å². The van der Waals surface area contributed by atoms with E-state index in [2.05, 4.69) is 17.1 Å². The quantitative estimate of drug-likeness (QED) is 0.876. The minimum Gasteiger partial charge on any atom is -0.477 e. The Morgan fingerprint density at radius 1 is 1.11 bits per heavy atom. The number of nitrogens with zero attached hydrogens (tertiary/aromatic N) is 1. The second-order valence-corrected chi connectivity index (χ2v) is 4.49. The van der Waals surface area contributed by atoms with E-state index >= 15 is 0 Å². The number of carbonyl (C=O) groups is 1. The highest BCUT2D eigenvalue weighted by Crippen LogP contribution is 2.26. The monoisotopic (exact) mass is 241 g/mol. The van der Waals surface area contributed by atoms with Crippen LogP contribution < -0.4 is 0 Å². The maximum absolute atomic E-state index is 10.9. The molecule has 0 fully saturated rings. The maximum Gasteiger partial charge on any atom is 0.354 e. The van der Waals surface area contributed by atoms with Crippen molar-refractivity contribution in [2.45, 2.75) is 20.8 Å². The summed E-state index contributed by atoms with van der Waals surface area (Å²) in [5.41, 5.74) is 5.23. The molecule has 0 radical (unpaired) electrons. The van der Waals surface area contributed by atoms with E-state index in [0.29, 0.717) is 5.69 Å². The molecule has 1 aromatic heterocycles. The predicted molar refractivity (Wildman–Crippen MR) is 70.8 cm³/mol. The van der Waals surface area contributed by atoms with Crippen LogP contribution in [-0.4, -0.2) is 16.1 Å². The molecule has 0 aliphatic heterocycles. The van der Waals surface area contributed by atoms with E-state index in [4.69, 9.17) is 5.11 Å². The van der Waals surface area contributed by atoms with Gasteiger partial charge in [0.15, 0.2) is 0 Å². The fraction of sp³-hybridized carbons (Fsp3) is 0.200. The molecule has 1 aromatic carbocycles. The molecule has 2 aromatic rings. The van der Waals surface area contributed by atoms with Gasteiger partial charge in [0.25, 0.3) is 0 Å². The van der Waals surface area contributed by atoms with Crippen LogP contribution >= 0.6 is 0 Å². The summed E-state index contributed by atoms with van der Waals surface area (Å²) < 4.78 is 0. The molecule has 0 saturated carbocycles. The number of hydrogen-bond acceptors (Lipinski definition) is 2. The van der Waals surface area contributed by atoms with Crippen LogP contribution in [0, 0.1) is 20.8 Å². The van der Waals surface area contributed by atoms with Crippen molar-refractivity contribution in [2.75, 3.05) is 0 Å². The summed E-state index contributed by atoms with van der Waals surface area (Å²) >= 11 is 0. The summed E-state index contributed by atoms with van der Waals surface area (Å²) in [7, 11) is 0. The van der Waals surface area contributed by atoms with Crippen molar-refractivity contribution in [1.82, 2.24) is 4.98 Å². The zero-order chi connectivity index (χ0) is 13.3. The largest absolute Gasteiger partial charge is 0.477 e. The standard InChI is InChI=1S/C15H15NO2/c1-9-7-10(2)14(11(3)8-9)12-5-4-6-13(16-12)15(17)18/h4-8H,1-3H3,(H,17,18). The molecular weight excluding hydrogens is 226 g/mol.